The first kappa shape index (κ1) is 13.8. The van der Waals surface area contributed by atoms with Crippen LogP contribution in [0.3, 0.4) is 0 Å². The highest BCUT2D eigenvalue weighted by atomic mass is 35.5. The number of halogens is 2. The number of benzene rings is 1. The summed E-state index contributed by atoms with van der Waals surface area (Å²) in [4.78, 5) is 1.17. The highest BCUT2D eigenvalue weighted by Crippen LogP contribution is 2.23. The van der Waals surface area contributed by atoms with Gasteiger partial charge in [-0.15, -0.1) is 24.2 Å². The molecule has 1 aromatic carbocycles. The quantitative estimate of drug-likeness (QED) is 0.838. The first-order valence-electron chi connectivity index (χ1n) is 5.44. The molecule has 1 heterocycles. The molecule has 1 atom stereocenters. The molecule has 0 aromatic heterocycles. The normalized spacial score (nSPS) is 20.2. The Bertz CT molecular complexity index is 298. The third kappa shape index (κ3) is 4.32. The van der Waals surface area contributed by atoms with Gasteiger partial charge < -0.3 is 5.32 Å². The highest BCUT2D eigenvalue weighted by molar-refractivity contribution is 7.99. The van der Waals surface area contributed by atoms with Crippen molar-refractivity contribution in [2.75, 3.05) is 18.8 Å². The molecule has 1 nitrogen and oxygen atoms in total. The van der Waals surface area contributed by atoms with E-state index >= 15 is 0 Å². The molecule has 0 amide bonds. The molecule has 1 aliphatic rings. The minimum absolute atomic E-state index is 0. The average Bonchev–Trinajstić information content (AvgIpc) is 2.30. The van der Waals surface area contributed by atoms with Gasteiger partial charge in [-0.2, -0.15) is 0 Å². The van der Waals surface area contributed by atoms with E-state index in [4.69, 9.17) is 0 Å². The Morgan fingerprint density at radius 1 is 1.31 bits per heavy atom. The van der Waals surface area contributed by atoms with E-state index in [2.05, 4.69) is 5.32 Å². The van der Waals surface area contributed by atoms with Crippen molar-refractivity contribution in [2.24, 2.45) is 5.92 Å². The van der Waals surface area contributed by atoms with Crippen LogP contribution < -0.4 is 5.32 Å². The zero-order valence-electron chi connectivity index (χ0n) is 9.12. The Labute approximate surface area is 107 Å². The summed E-state index contributed by atoms with van der Waals surface area (Å²) in [5, 5.41) is 3.41. The first-order valence-corrected chi connectivity index (χ1v) is 6.42. The second kappa shape index (κ2) is 7.15. The Morgan fingerprint density at radius 2 is 2.06 bits per heavy atom. The third-order valence-electron chi connectivity index (χ3n) is 2.70. The topological polar surface area (TPSA) is 12.0 Å². The van der Waals surface area contributed by atoms with Gasteiger partial charge in [0.2, 0.25) is 0 Å². The summed E-state index contributed by atoms with van der Waals surface area (Å²) < 4.78 is 12.7. The molecule has 0 saturated carbocycles. The maximum atomic E-state index is 12.7. The van der Waals surface area contributed by atoms with Crippen molar-refractivity contribution in [2.45, 2.75) is 17.7 Å². The lowest BCUT2D eigenvalue weighted by Crippen LogP contribution is -2.30. The van der Waals surface area contributed by atoms with Gasteiger partial charge in [-0.05, 0) is 56.1 Å². The molecule has 90 valence electrons. The summed E-state index contributed by atoms with van der Waals surface area (Å²) in [6.45, 7) is 2.30. The maximum Gasteiger partial charge on any atom is 0.123 e. The monoisotopic (exact) mass is 261 g/mol. The van der Waals surface area contributed by atoms with Gasteiger partial charge in [-0.3, -0.25) is 0 Å². The van der Waals surface area contributed by atoms with Crippen molar-refractivity contribution >= 4 is 24.2 Å². The van der Waals surface area contributed by atoms with E-state index in [0.717, 1.165) is 24.8 Å². The Hall–Kier alpha value is -0.250. The Morgan fingerprint density at radius 3 is 2.69 bits per heavy atom. The van der Waals surface area contributed by atoms with Gasteiger partial charge in [0.15, 0.2) is 0 Å². The van der Waals surface area contributed by atoms with Crippen LogP contribution in [0.4, 0.5) is 4.39 Å². The van der Waals surface area contributed by atoms with Crippen LogP contribution in [0.1, 0.15) is 12.8 Å². The van der Waals surface area contributed by atoms with E-state index in [0.29, 0.717) is 0 Å². The van der Waals surface area contributed by atoms with Crippen molar-refractivity contribution in [3.63, 3.8) is 0 Å². The van der Waals surface area contributed by atoms with Crippen LogP contribution in [0, 0.1) is 11.7 Å². The molecule has 1 N–H and O–H groups in total. The molecule has 2 rings (SSSR count). The smallest absolute Gasteiger partial charge is 0.123 e. The molecular formula is C12H17ClFNS. The highest BCUT2D eigenvalue weighted by Gasteiger charge is 2.12. The molecule has 16 heavy (non-hydrogen) atoms. The lowest BCUT2D eigenvalue weighted by molar-refractivity contribution is 0.410. The van der Waals surface area contributed by atoms with Crippen molar-refractivity contribution in [3.8, 4) is 0 Å². The van der Waals surface area contributed by atoms with Crippen LogP contribution >= 0.6 is 24.2 Å². The summed E-state index contributed by atoms with van der Waals surface area (Å²) >= 11 is 1.83. The van der Waals surface area contributed by atoms with Crippen LogP contribution in [0.5, 0.6) is 0 Å². The predicted molar refractivity (Wildman–Crippen MR) is 70.0 cm³/mol. The Balaban J connectivity index is 0.00000128. The average molecular weight is 262 g/mol. The standard InChI is InChI=1S/C12H16FNS.ClH/c13-11-3-5-12(6-4-11)15-9-10-2-1-7-14-8-10;/h3-6,10,14H,1-2,7-9H2;1H. The number of hydrogen-bond acceptors (Lipinski definition) is 2. The number of piperidine rings is 1. The largest absolute Gasteiger partial charge is 0.316 e. The molecule has 1 unspecified atom stereocenters. The fraction of sp³-hybridized carbons (Fsp3) is 0.500. The number of rotatable bonds is 3. The van der Waals surface area contributed by atoms with Crippen molar-refractivity contribution in [3.05, 3.63) is 30.1 Å². The van der Waals surface area contributed by atoms with Crippen LogP contribution in [-0.4, -0.2) is 18.8 Å². The van der Waals surface area contributed by atoms with Gasteiger partial charge >= 0.3 is 0 Å². The van der Waals surface area contributed by atoms with Gasteiger partial charge in [-0.1, -0.05) is 0 Å². The molecule has 0 bridgehead atoms. The summed E-state index contributed by atoms with van der Waals surface area (Å²) in [5.74, 6) is 1.76. The molecular weight excluding hydrogens is 245 g/mol. The third-order valence-corrected chi connectivity index (χ3v) is 3.94. The van der Waals surface area contributed by atoms with E-state index in [9.17, 15) is 4.39 Å². The minimum Gasteiger partial charge on any atom is -0.316 e. The summed E-state index contributed by atoms with van der Waals surface area (Å²) in [7, 11) is 0. The molecule has 0 aliphatic carbocycles. The maximum absolute atomic E-state index is 12.7. The molecule has 1 aliphatic heterocycles. The Kier molecular flexibility index (Phi) is 6.17. The second-order valence-corrected chi connectivity index (χ2v) is 5.07. The molecule has 1 saturated heterocycles. The van der Waals surface area contributed by atoms with Gasteiger partial charge in [0, 0.05) is 10.6 Å². The molecule has 1 aromatic rings. The zero-order chi connectivity index (χ0) is 10.5. The van der Waals surface area contributed by atoms with E-state index in [1.165, 1.54) is 29.9 Å². The van der Waals surface area contributed by atoms with Gasteiger partial charge in [0.05, 0.1) is 0 Å². The molecule has 0 spiro atoms. The summed E-state index contributed by atoms with van der Waals surface area (Å²) in [6, 6.07) is 6.77. The number of thioether (sulfide) groups is 1. The van der Waals surface area contributed by atoms with E-state index in [1.54, 1.807) is 0 Å². The SMILES string of the molecule is Cl.Fc1ccc(SCC2CCCNC2)cc1. The van der Waals surface area contributed by atoms with Crippen LogP contribution in [0.2, 0.25) is 0 Å². The second-order valence-electron chi connectivity index (χ2n) is 3.98. The molecule has 0 radical (unpaired) electrons. The fourth-order valence-electron chi connectivity index (χ4n) is 1.81. The number of nitrogens with one attached hydrogen (secondary N) is 1. The molecule has 4 heteroatoms. The first-order chi connectivity index (χ1) is 7.34. The number of hydrogen-bond donors (Lipinski definition) is 1. The predicted octanol–water partition coefficient (Wildman–Crippen LogP) is 3.34. The van der Waals surface area contributed by atoms with E-state index in [1.807, 2.05) is 23.9 Å². The van der Waals surface area contributed by atoms with Gasteiger partial charge in [0.25, 0.3) is 0 Å². The van der Waals surface area contributed by atoms with Crippen LogP contribution in [0.15, 0.2) is 29.2 Å². The summed E-state index contributed by atoms with van der Waals surface area (Å²) in [6.07, 6.45) is 2.61. The van der Waals surface area contributed by atoms with Gasteiger partial charge in [0.1, 0.15) is 5.82 Å². The molecule has 1 fully saturated rings. The van der Waals surface area contributed by atoms with Crippen LogP contribution in [0.25, 0.3) is 0 Å². The van der Waals surface area contributed by atoms with E-state index in [-0.39, 0.29) is 18.2 Å². The van der Waals surface area contributed by atoms with Crippen molar-refractivity contribution in [1.82, 2.24) is 5.32 Å². The fourth-order valence-corrected chi connectivity index (χ4v) is 2.85. The van der Waals surface area contributed by atoms with Crippen molar-refractivity contribution in [1.29, 1.82) is 0 Å². The lowest BCUT2D eigenvalue weighted by atomic mass is 10.0. The lowest BCUT2D eigenvalue weighted by Gasteiger charge is -2.22. The minimum atomic E-state index is -0.154. The van der Waals surface area contributed by atoms with E-state index < -0.39 is 0 Å². The van der Waals surface area contributed by atoms with Crippen molar-refractivity contribution < 1.29 is 4.39 Å². The summed E-state index contributed by atoms with van der Waals surface area (Å²) in [5.41, 5.74) is 0. The van der Waals surface area contributed by atoms with Gasteiger partial charge in [-0.25, -0.2) is 4.39 Å². The van der Waals surface area contributed by atoms with Crippen LogP contribution in [-0.2, 0) is 0 Å². The zero-order valence-corrected chi connectivity index (χ0v) is 10.7.